The van der Waals surface area contributed by atoms with Crippen LogP contribution in [-0.4, -0.2) is 24.5 Å². The number of para-hydroxylation sites is 1. The van der Waals surface area contributed by atoms with Crippen molar-refractivity contribution in [2.24, 2.45) is 0 Å². The van der Waals surface area contributed by atoms with Crippen LogP contribution in [0.4, 0.5) is 0 Å². The second-order valence-electron chi connectivity index (χ2n) is 6.83. The Hall–Kier alpha value is -2.70. The first kappa shape index (κ1) is 18.7. The molecule has 0 aliphatic heterocycles. The van der Waals surface area contributed by atoms with Crippen molar-refractivity contribution in [1.82, 2.24) is 9.78 Å². The van der Waals surface area contributed by atoms with Crippen LogP contribution in [0.2, 0.25) is 0 Å². The molecule has 0 bridgehead atoms. The molecular formula is C22H20N2O2S2. The van der Waals surface area contributed by atoms with E-state index in [2.05, 4.69) is 43.2 Å². The summed E-state index contributed by atoms with van der Waals surface area (Å²) in [7, 11) is -3.23. The van der Waals surface area contributed by atoms with Crippen molar-refractivity contribution in [3.8, 4) is 26.7 Å². The lowest BCUT2D eigenvalue weighted by Gasteiger charge is -2.12. The molecule has 6 heteroatoms. The molecule has 0 radical (unpaired) electrons. The smallest absolute Gasteiger partial charge is 0.175 e. The van der Waals surface area contributed by atoms with Gasteiger partial charge in [-0.15, -0.1) is 11.3 Å². The molecule has 4 nitrogen and oxygen atoms in total. The minimum Gasteiger partial charge on any atom is -0.232 e. The van der Waals surface area contributed by atoms with Gasteiger partial charge in [-0.3, -0.25) is 0 Å². The molecule has 28 heavy (non-hydrogen) atoms. The van der Waals surface area contributed by atoms with Gasteiger partial charge in [0.05, 0.1) is 27.4 Å². The zero-order chi connectivity index (χ0) is 19.9. The predicted molar refractivity (Wildman–Crippen MR) is 115 cm³/mol. The molecule has 4 aromatic rings. The van der Waals surface area contributed by atoms with Gasteiger partial charge in [-0.2, -0.15) is 5.10 Å². The van der Waals surface area contributed by atoms with Crippen LogP contribution in [0.3, 0.4) is 0 Å². The first-order chi connectivity index (χ1) is 13.3. The van der Waals surface area contributed by atoms with Crippen molar-refractivity contribution in [2.45, 2.75) is 18.7 Å². The van der Waals surface area contributed by atoms with E-state index in [1.807, 2.05) is 29.1 Å². The van der Waals surface area contributed by atoms with E-state index in [0.717, 1.165) is 26.7 Å². The van der Waals surface area contributed by atoms with E-state index in [9.17, 15) is 8.42 Å². The Morgan fingerprint density at radius 1 is 0.893 bits per heavy atom. The molecule has 0 atom stereocenters. The number of hydrogen-bond donors (Lipinski definition) is 0. The third-order valence-electron chi connectivity index (χ3n) is 4.70. The van der Waals surface area contributed by atoms with Crippen LogP contribution in [0.25, 0.3) is 26.7 Å². The molecule has 0 saturated heterocycles. The lowest BCUT2D eigenvalue weighted by atomic mass is 10.1. The summed E-state index contributed by atoms with van der Waals surface area (Å²) in [5.74, 6) is 0. The third-order valence-corrected chi connectivity index (χ3v) is 6.97. The number of aromatic nitrogens is 2. The van der Waals surface area contributed by atoms with Crippen LogP contribution in [-0.2, 0) is 9.84 Å². The molecule has 0 aliphatic rings. The molecule has 0 N–H and O–H groups in total. The SMILES string of the molecule is Cc1cccc(C)c1-n1nccc1-c1ccc(-c2cccc(S(C)(=O)=O)c2)s1. The maximum Gasteiger partial charge on any atom is 0.175 e. The molecule has 0 aliphatic carbocycles. The second-order valence-corrected chi connectivity index (χ2v) is 9.93. The molecule has 2 aromatic carbocycles. The lowest BCUT2D eigenvalue weighted by molar-refractivity contribution is 0.602. The van der Waals surface area contributed by atoms with Gasteiger partial charge in [0.1, 0.15) is 0 Å². The Morgan fingerprint density at radius 2 is 1.57 bits per heavy atom. The van der Waals surface area contributed by atoms with Crippen LogP contribution < -0.4 is 0 Å². The topological polar surface area (TPSA) is 52.0 Å². The van der Waals surface area contributed by atoms with Gasteiger partial charge in [0.2, 0.25) is 0 Å². The van der Waals surface area contributed by atoms with Crippen molar-refractivity contribution < 1.29 is 8.42 Å². The number of aryl methyl sites for hydroxylation is 2. The largest absolute Gasteiger partial charge is 0.232 e. The molecule has 0 amide bonds. The average molecular weight is 409 g/mol. The fraction of sp³-hybridized carbons (Fsp3) is 0.136. The van der Waals surface area contributed by atoms with Crippen LogP contribution >= 0.6 is 11.3 Å². The zero-order valence-electron chi connectivity index (χ0n) is 15.9. The summed E-state index contributed by atoms with van der Waals surface area (Å²) in [5, 5.41) is 4.56. The Balaban J connectivity index is 1.78. The highest BCUT2D eigenvalue weighted by Gasteiger charge is 2.15. The highest BCUT2D eigenvalue weighted by Crippen LogP contribution is 2.36. The maximum absolute atomic E-state index is 11.9. The van der Waals surface area contributed by atoms with Crippen molar-refractivity contribution in [1.29, 1.82) is 0 Å². The fourth-order valence-corrected chi connectivity index (χ4v) is 5.00. The molecule has 142 valence electrons. The van der Waals surface area contributed by atoms with Crippen LogP contribution in [0.5, 0.6) is 0 Å². The van der Waals surface area contributed by atoms with Crippen LogP contribution in [0.15, 0.2) is 71.8 Å². The molecule has 0 saturated carbocycles. The summed E-state index contributed by atoms with van der Waals surface area (Å²) >= 11 is 1.63. The predicted octanol–water partition coefficient (Wildman–Crippen LogP) is 5.29. The summed E-state index contributed by atoms with van der Waals surface area (Å²) < 4.78 is 25.7. The van der Waals surface area contributed by atoms with Crippen molar-refractivity contribution >= 4 is 21.2 Å². The Bertz CT molecular complexity index is 1250. The quantitative estimate of drug-likeness (QED) is 0.461. The summed E-state index contributed by atoms with van der Waals surface area (Å²) in [6.07, 6.45) is 3.04. The molecule has 2 aromatic heterocycles. The van der Waals surface area contributed by atoms with E-state index in [-0.39, 0.29) is 0 Å². The summed E-state index contributed by atoms with van der Waals surface area (Å²) in [6, 6.07) is 19.4. The zero-order valence-corrected chi connectivity index (χ0v) is 17.5. The van der Waals surface area contributed by atoms with Gasteiger partial charge < -0.3 is 0 Å². The van der Waals surface area contributed by atoms with E-state index in [1.165, 1.54) is 17.4 Å². The Kier molecular flexibility index (Phi) is 4.69. The van der Waals surface area contributed by atoms with Gasteiger partial charge in [0.25, 0.3) is 0 Å². The van der Waals surface area contributed by atoms with Crippen molar-refractivity contribution in [3.05, 3.63) is 78.0 Å². The van der Waals surface area contributed by atoms with Crippen molar-refractivity contribution in [3.63, 3.8) is 0 Å². The Morgan fingerprint density at radius 3 is 2.29 bits per heavy atom. The fourth-order valence-electron chi connectivity index (χ4n) is 3.32. The van der Waals surface area contributed by atoms with Gasteiger partial charge in [0.15, 0.2) is 9.84 Å². The molecule has 0 fully saturated rings. The second kappa shape index (κ2) is 7.04. The molecule has 0 spiro atoms. The normalized spacial score (nSPS) is 11.7. The average Bonchev–Trinajstić information content (AvgIpc) is 3.30. The van der Waals surface area contributed by atoms with E-state index < -0.39 is 9.84 Å². The molecular weight excluding hydrogens is 388 g/mol. The first-order valence-electron chi connectivity index (χ1n) is 8.86. The number of nitrogens with zero attached hydrogens (tertiary/aromatic N) is 2. The number of hydrogen-bond acceptors (Lipinski definition) is 4. The van der Waals surface area contributed by atoms with E-state index in [4.69, 9.17) is 0 Å². The number of thiophene rings is 1. The van der Waals surface area contributed by atoms with Gasteiger partial charge in [-0.05, 0) is 60.9 Å². The lowest BCUT2D eigenvalue weighted by Crippen LogP contribution is -2.03. The minimum atomic E-state index is -3.23. The van der Waals surface area contributed by atoms with Gasteiger partial charge in [-0.1, -0.05) is 30.3 Å². The van der Waals surface area contributed by atoms with Gasteiger partial charge in [-0.25, -0.2) is 13.1 Å². The third kappa shape index (κ3) is 3.41. The molecule has 4 rings (SSSR count). The number of benzene rings is 2. The van der Waals surface area contributed by atoms with Crippen LogP contribution in [0, 0.1) is 13.8 Å². The summed E-state index contributed by atoms with van der Waals surface area (Å²) in [5.41, 5.74) is 5.35. The molecule has 2 heterocycles. The number of sulfone groups is 1. The monoisotopic (exact) mass is 408 g/mol. The highest BCUT2D eigenvalue weighted by molar-refractivity contribution is 7.90. The summed E-state index contributed by atoms with van der Waals surface area (Å²) in [6.45, 7) is 4.18. The maximum atomic E-state index is 11.9. The standard InChI is InChI=1S/C22H20N2O2S2/c1-15-6-4-7-16(2)22(15)24-19(12-13-23-24)21-11-10-20(27-21)17-8-5-9-18(14-17)28(3,25)26/h4-14H,1-3H3. The van der Waals surface area contributed by atoms with E-state index in [1.54, 1.807) is 29.5 Å². The van der Waals surface area contributed by atoms with Gasteiger partial charge >= 0.3 is 0 Å². The van der Waals surface area contributed by atoms with Crippen molar-refractivity contribution in [2.75, 3.05) is 6.26 Å². The summed E-state index contributed by atoms with van der Waals surface area (Å²) in [4.78, 5) is 2.44. The van der Waals surface area contributed by atoms with Crippen LogP contribution in [0.1, 0.15) is 11.1 Å². The molecule has 0 unspecified atom stereocenters. The van der Waals surface area contributed by atoms with E-state index in [0.29, 0.717) is 4.90 Å². The Labute approximate surface area is 169 Å². The van der Waals surface area contributed by atoms with E-state index >= 15 is 0 Å². The van der Waals surface area contributed by atoms with Gasteiger partial charge in [0, 0.05) is 11.1 Å². The minimum absolute atomic E-state index is 0.334. The highest BCUT2D eigenvalue weighted by atomic mass is 32.2. The first-order valence-corrected chi connectivity index (χ1v) is 11.6. The number of rotatable bonds is 4.